The van der Waals surface area contributed by atoms with Crippen LogP contribution in [0.5, 0.6) is 0 Å². The van der Waals surface area contributed by atoms with Crippen LogP contribution in [0.3, 0.4) is 0 Å². The summed E-state index contributed by atoms with van der Waals surface area (Å²) in [5.74, 6) is 0. The van der Waals surface area contributed by atoms with Crippen molar-refractivity contribution in [1.29, 1.82) is 0 Å². The Morgan fingerprint density at radius 1 is 0.340 bits per heavy atom. The minimum absolute atomic E-state index is 1.13. The standard InChI is InChI=1S/C46H28N2S2/c1-2-12-31(13-3-1)48-41-16-8-6-14-35(41)36-21-18-32(26-42(36)48)47(33-19-22-38-37-15-7-9-17-43(37)49-45(38)27-33)34-20-23-39-40-24-29-10-4-5-11-30(29)25-44(40)50-46(39)28-34/h1-28H. The molecule has 0 fully saturated rings. The molecule has 0 bridgehead atoms. The van der Waals surface area contributed by atoms with Gasteiger partial charge in [0.1, 0.15) is 0 Å². The topological polar surface area (TPSA) is 8.17 Å². The zero-order valence-electron chi connectivity index (χ0n) is 26.9. The van der Waals surface area contributed by atoms with Gasteiger partial charge in [-0.2, -0.15) is 0 Å². The number of thiophene rings is 2. The van der Waals surface area contributed by atoms with Crippen molar-refractivity contribution in [2.45, 2.75) is 0 Å². The average Bonchev–Trinajstić information content (AvgIpc) is 3.82. The number of anilines is 3. The third-order valence-electron chi connectivity index (χ3n) is 10.1. The summed E-state index contributed by atoms with van der Waals surface area (Å²) in [6, 6.07) is 62.5. The summed E-state index contributed by atoms with van der Waals surface area (Å²) in [4.78, 5) is 2.44. The largest absolute Gasteiger partial charge is 0.310 e. The Morgan fingerprint density at radius 3 is 1.64 bits per heavy atom. The molecule has 0 atom stereocenters. The highest BCUT2D eigenvalue weighted by Gasteiger charge is 2.19. The molecule has 0 aliphatic rings. The Morgan fingerprint density at radius 2 is 0.860 bits per heavy atom. The molecule has 0 amide bonds. The molecule has 8 aromatic carbocycles. The number of benzene rings is 8. The van der Waals surface area contributed by atoms with Crippen LogP contribution in [-0.2, 0) is 0 Å². The first kappa shape index (κ1) is 28.0. The van der Waals surface area contributed by atoms with Gasteiger partial charge in [-0.05, 0) is 83.6 Å². The van der Waals surface area contributed by atoms with Crippen LogP contribution in [0.25, 0.3) is 78.6 Å². The van der Waals surface area contributed by atoms with Gasteiger partial charge in [0.05, 0.1) is 11.0 Å². The lowest BCUT2D eigenvalue weighted by Crippen LogP contribution is -2.10. The third kappa shape index (κ3) is 4.19. The normalized spacial score (nSPS) is 12.0. The number of para-hydroxylation sites is 2. The van der Waals surface area contributed by atoms with E-state index >= 15 is 0 Å². The van der Waals surface area contributed by atoms with Gasteiger partial charge in [0.25, 0.3) is 0 Å². The van der Waals surface area contributed by atoms with Gasteiger partial charge in [-0.1, -0.05) is 97.1 Å². The molecule has 2 nitrogen and oxygen atoms in total. The fourth-order valence-corrected chi connectivity index (χ4v) is 10.2. The highest BCUT2D eigenvalue weighted by molar-refractivity contribution is 7.26. The molecule has 3 heterocycles. The third-order valence-corrected chi connectivity index (χ3v) is 12.4. The van der Waals surface area contributed by atoms with Gasteiger partial charge in [-0.25, -0.2) is 0 Å². The van der Waals surface area contributed by atoms with E-state index in [0.29, 0.717) is 0 Å². The lowest BCUT2D eigenvalue weighted by atomic mass is 10.1. The van der Waals surface area contributed by atoms with Gasteiger partial charge in [0.2, 0.25) is 0 Å². The van der Waals surface area contributed by atoms with Crippen molar-refractivity contribution in [2.75, 3.05) is 4.90 Å². The summed E-state index contributed by atoms with van der Waals surface area (Å²) in [7, 11) is 0. The minimum atomic E-state index is 1.13. The van der Waals surface area contributed by atoms with Gasteiger partial charge in [-0.15, -0.1) is 22.7 Å². The second kappa shape index (κ2) is 10.8. The highest BCUT2D eigenvalue weighted by Crippen LogP contribution is 2.45. The van der Waals surface area contributed by atoms with Gasteiger partial charge < -0.3 is 9.47 Å². The van der Waals surface area contributed by atoms with Crippen LogP contribution >= 0.6 is 22.7 Å². The molecular weight excluding hydrogens is 645 g/mol. The second-order valence-corrected chi connectivity index (χ2v) is 15.1. The van der Waals surface area contributed by atoms with Crippen molar-refractivity contribution in [1.82, 2.24) is 4.57 Å². The quantitative estimate of drug-likeness (QED) is 0.181. The van der Waals surface area contributed by atoms with E-state index in [1.807, 2.05) is 22.7 Å². The SMILES string of the molecule is c1ccc(-n2c3ccccc3c3ccc(N(c4ccc5c(c4)sc4ccccc45)c4ccc5c(c4)sc4cc6ccccc6cc45)cc32)cc1. The number of fused-ring (bicyclic) bond motifs is 10. The number of hydrogen-bond acceptors (Lipinski definition) is 3. The molecule has 11 aromatic rings. The Hall–Kier alpha value is -5.94. The molecule has 4 heteroatoms. The van der Waals surface area contributed by atoms with E-state index in [0.717, 1.165) is 22.7 Å². The van der Waals surface area contributed by atoms with Crippen LogP contribution in [0.1, 0.15) is 0 Å². The molecule has 3 aromatic heterocycles. The summed E-state index contributed by atoms with van der Waals surface area (Å²) in [6.45, 7) is 0. The van der Waals surface area contributed by atoms with Gasteiger partial charge in [0, 0.05) is 73.9 Å². The van der Waals surface area contributed by atoms with Crippen molar-refractivity contribution >= 4 is 113 Å². The lowest BCUT2D eigenvalue weighted by molar-refractivity contribution is 1.18. The Balaban J connectivity index is 1.17. The Labute approximate surface area is 296 Å². The minimum Gasteiger partial charge on any atom is -0.310 e. The van der Waals surface area contributed by atoms with Gasteiger partial charge in [-0.3, -0.25) is 0 Å². The molecule has 0 aliphatic carbocycles. The summed E-state index contributed by atoms with van der Waals surface area (Å²) in [5, 5.41) is 10.3. The maximum atomic E-state index is 2.44. The molecule has 0 unspecified atom stereocenters. The van der Waals surface area contributed by atoms with Crippen molar-refractivity contribution in [2.24, 2.45) is 0 Å². The molecule has 234 valence electrons. The zero-order chi connectivity index (χ0) is 32.8. The fourth-order valence-electron chi connectivity index (χ4n) is 7.84. The predicted molar refractivity (Wildman–Crippen MR) is 219 cm³/mol. The van der Waals surface area contributed by atoms with E-state index < -0.39 is 0 Å². The maximum absolute atomic E-state index is 2.44. The van der Waals surface area contributed by atoms with Crippen LogP contribution < -0.4 is 4.90 Å². The van der Waals surface area contributed by atoms with Crippen molar-refractivity contribution in [3.8, 4) is 5.69 Å². The molecule has 11 rings (SSSR count). The van der Waals surface area contributed by atoms with E-state index in [1.54, 1.807) is 0 Å². The first-order valence-electron chi connectivity index (χ1n) is 16.9. The van der Waals surface area contributed by atoms with E-state index in [2.05, 4.69) is 179 Å². The monoisotopic (exact) mass is 672 g/mol. The highest BCUT2D eigenvalue weighted by atomic mass is 32.1. The summed E-state index contributed by atoms with van der Waals surface area (Å²) in [5.41, 5.74) is 6.99. The Bertz CT molecular complexity index is 3110. The molecule has 0 N–H and O–H groups in total. The van der Waals surface area contributed by atoms with Crippen LogP contribution in [-0.4, -0.2) is 4.57 Å². The van der Waals surface area contributed by atoms with Crippen LogP contribution in [0.15, 0.2) is 170 Å². The van der Waals surface area contributed by atoms with Gasteiger partial charge >= 0.3 is 0 Å². The van der Waals surface area contributed by atoms with Crippen LogP contribution in [0, 0.1) is 0 Å². The lowest BCUT2D eigenvalue weighted by Gasteiger charge is -2.26. The van der Waals surface area contributed by atoms with Crippen molar-refractivity contribution in [3.05, 3.63) is 170 Å². The number of aromatic nitrogens is 1. The van der Waals surface area contributed by atoms with E-state index in [4.69, 9.17) is 0 Å². The molecule has 0 saturated heterocycles. The molecular formula is C46H28N2S2. The summed E-state index contributed by atoms with van der Waals surface area (Å²) >= 11 is 3.75. The fraction of sp³-hybridized carbons (Fsp3) is 0. The van der Waals surface area contributed by atoms with E-state index in [1.165, 1.54) is 72.9 Å². The smallest absolute Gasteiger partial charge is 0.0561 e. The molecule has 0 saturated carbocycles. The zero-order valence-corrected chi connectivity index (χ0v) is 28.5. The van der Waals surface area contributed by atoms with Crippen LogP contribution in [0.4, 0.5) is 17.1 Å². The Kier molecular flexibility index (Phi) is 6.03. The predicted octanol–water partition coefficient (Wildman–Crippen LogP) is 14.1. The second-order valence-electron chi connectivity index (χ2n) is 13.0. The summed E-state index contributed by atoms with van der Waals surface area (Å²) in [6.07, 6.45) is 0. The average molecular weight is 673 g/mol. The number of rotatable bonds is 4. The molecule has 0 spiro atoms. The summed E-state index contributed by atoms with van der Waals surface area (Å²) < 4.78 is 7.63. The van der Waals surface area contributed by atoms with Crippen molar-refractivity contribution in [3.63, 3.8) is 0 Å². The van der Waals surface area contributed by atoms with Crippen LogP contribution in [0.2, 0.25) is 0 Å². The first-order valence-corrected chi connectivity index (χ1v) is 18.6. The molecule has 0 radical (unpaired) electrons. The number of hydrogen-bond donors (Lipinski definition) is 0. The van der Waals surface area contributed by atoms with E-state index in [9.17, 15) is 0 Å². The maximum Gasteiger partial charge on any atom is 0.0561 e. The van der Waals surface area contributed by atoms with Gasteiger partial charge in [0.15, 0.2) is 0 Å². The molecule has 50 heavy (non-hydrogen) atoms. The first-order chi connectivity index (χ1) is 24.8. The van der Waals surface area contributed by atoms with Crippen molar-refractivity contribution < 1.29 is 0 Å². The number of nitrogens with zero attached hydrogens (tertiary/aromatic N) is 2. The van der Waals surface area contributed by atoms with E-state index in [-0.39, 0.29) is 0 Å². The molecule has 0 aliphatic heterocycles.